The lowest BCUT2D eigenvalue weighted by atomic mass is 10.0. The quantitative estimate of drug-likeness (QED) is 0.895. The average Bonchev–Trinajstić information content (AvgIpc) is 2.78. The standard InChI is InChI=1S/C14H20BrNO2/c1-10(17)11-6-7-16(8-11)9-14(18)12-4-2-3-5-13(12)15/h2-5,10-11,14,17-18H,6-9H2,1H3. The Labute approximate surface area is 117 Å². The Kier molecular flexibility index (Phi) is 4.78. The zero-order chi connectivity index (χ0) is 13.1. The van der Waals surface area contributed by atoms with Gasteiger partial charge in [-0.05, 0) is 37.4 Å². The number of hydrogen-bond acceptors (Lipinski definition) is 3. The molecule has 0 aliphatic carbocycles. The van der Waals surface area contributed by atoms with E-state index in [-0.39, 0.29) is 6.10 Å². The fourth-order valence-corrected chi connectivity index (χ4v) is 3.06. The summed E-state index contributed by atoms with van der Waals surface area (Å²) in [6.07, 6.45) is 0.282. The molecule has 1 heterocycles. The summed E-state index contributed by atoms with van der Waals surface area (Å²) in [6.45, 7) is 4.31. The van der Waals surface area contributed by atoms with Crippen LogP contribution < -0.4 is 0 Å². The molecule has 0 radical (unpaired) electrons. The van der Waals surface area contributed by atoms with Crippen LogP contribution >= 0.6 is 15.9 Å². The van der Waals surface area contributed by atoms with Crippen LogP contribution in [0, 0.1) is 5.92 Å². The van der Waals surface area contributed by atoms with Crippen LogP contribution in [0.15, 0.2) is 28.7 Å². The van der Waals surface area contributed by atoms with E-state index in [2.05, 4.69) is 20.8 Å². The highest BCUT2D eigenvalue weighted by molar-refractivity contribution is 9.10. The van der Waals surface area contributed by atoms with Crippen molar-refractivity contribution in [2.24, 2.45) is 5.92 Å². The van der Waals surface area contributed by atoms with Crippen LogP contribution in [0.1, 0.15) is 25.0 Å². The van der Waals surface area contributed by atoms with Crippen LogP contribution in [0.5, 0.6) is 0 Å². The molecular formula is C14H20BrNO2. The third-order valence-corrected chi connectivity index (χ3v) is 4.41. The van der Waals surface area contributed by atoms with E-state index in [1.54, 1.807) is 0 Å². The van der Waals surface area contributed by atoms with Gasteiger partial charge in [-0.2, -0.15) is 0 Å². The molecule has 3 nitrogen and oxygen atoms in total. The number of halogens is 1. The number of hydrogen-bond donors (Lipinski definition) is 2. The second-order valence-corrected chi connectivity index (χ2v) is 5.94. The van der Waals surface area contributed by atoms with E-state index >= 15 is 0 Å². The average molecular weight is 314 g/mol. The second kappa shape index (κ2) is 6.15. The first-order valence-electron chi connectivity index (χ1n) is 6.41. The smallest absolute Gasteiger partial charge is 0.0927 e. The van der Waals surface area contributed by atoms with Gasteiger partial charge in [-0.3, -0.25) is 0 Å². The van der Waals surface area contributed by atoms with E-state index in [1.165, 1.54) is 0 Å². The van der Waals surface area contributed by atoms with Crippen molar-refractivity contribution in [1.29, 1.82) is 0 Å². The summed E-state index contributed by atoms with van der Waals surface area (Å²) in [5.74, 6) is 0.344. The summed E-state index contributed by atoms with van der Waals surface area (Å²) < 4.78 is 0.948. The van der Waals surface area contributed by atoms with Crippen molar-refractivity contribution in [3.05, 3.63) is 34.3 Å². The molecule has 0 amide bonds. The van der Waals surface area contributed by atoms with Gasteiger partial charge in [-0.15, -0.1) is 0 Å². The molecule has 0 bridgehead atoms. The van der Waals surface area contributed by atoms with Crippen molar-refractivity contribution >= 4 is 15.9 Å². The van der Waals surface area contributed by atoms with Gasteiger partial charge in [-0.25, -0.2) is 0 Å². The highest BCUT2D eigenvalue weighted by atomic mass is 79.9. The number of benzene rings is 1. The molecule has 1 aliphatic heterocycles. The minimum atomic E-state index is -0.478. The summed E-state index contributed by atoms with van der Waals surface area (Å²) in [7, 11) is 0. The molecule has 1 aliphatic rings. The maximum absolute atomic E-state index is 10.3. The summed E-state index contributed by atoms with van der Waals surface area (Å²) in [5.41, 5.74) is 0.929. The molecule has 2 N–H and O–H groups in total. The van der Waals surface area contributed by atoms with E-state index in [1.807, 2.05) is 31.2 Å². The molecule has 1 aromatic rings. The number of likely N-dealkylation sites (tertiary alicyclic amines) is 1. The van der Waals surface area contributed by atoms with Gasteiger partial charge >= 0.3 is 0 Å². The lowest BCUT2D eigenvalue weighted by Crippen LogP contribution is -2.28. The largest absolute Gasteiger partial charge is 0.393 e. The zero-order valence-electron chi connectivity index (χ0n) is 10.6. The lowest BCUT2D eigenvalue weighted by Gasteiger charge is -2.21. The molecule has 0 saturated carbocycles. The fraction of sp³-hybridized carbons (Fsp3) is 0.571. The van der Waals surface area contributed by atoms with Crippen LogP contribution in [0.3, 0.4) is 0 Å². The first kappa shape index (κ1) is 14.0. The molecular weight excluding hydrogens is 294 g/mol. The Hall–Kier alpha value is -0.420. The van der Waals surface area contributed by atoms with Gasteiger partial charge in [-0.1, -0.05) is 34.1 Å². The van der Waals surface area contributed by atoms with Gasteiger partial charge in [0.25, 0.3) is 0 Å². The minimum absolute atomic E-state index is 0.254. The van der Waals surface area contributed by atoms with Gasteiger partial charge in [0.15, 0.2) is 0 Å². The molecule has 0 spiro atoms. The van der Waals surface area contributed by atoms with Gasteiger partial charge in [0, 0.05) is 17.6 Å². The third-order valence-electron chi connectivity index (χ3n) is 3.69. The lowest BCUT2D eigenvalue weighted by molar-refractivity contribution is 0.104. The predicted octanol–water partition coefficient (Wildman–Crippen LogP) is 2.19. The van der Waals surface area contributed by atoms with Gasteiger partial charge in [0.2, 0.25) is 0 Å². The Morgan fingerprint density at radius 2 is 2.11 bits per heavy atom. The molecule has 2 rings (SSSR count). The van der Waals surface area contributed by atoms with E-state index in [4.69, 9.17) is 0 Å². The Morgan fingerprint density at radius 1 is 1.39 bits per heavy atom. The summed E-state index contributed by atoms with van der Waals surface area (Å²) >= 11 is 3.46. The van der Waals surface area contributed by atoms with Crippen LogP contribution in [0.25, 0.3) is 0 Å². The maximum atomic E-state index is 10.3. The number of rotatable bonds is 4. The summed E-state index contributed by atoms with van der Waals surface area (Å²) in [5, 5.41) is 19.8. The number of β-amino-alcohol motifs (C(OH)–C–C–N with tert-alkyl or cyclic N) is 1. The van der Waals surface area contributed by atoms with Crippen molar-refractivity contribution < 1.29 is 10.2 Å². The van der Waals surface area contributed by atoms with E-state index in [9.17, 15) is 10.2 Å². The van der Waals surface area contributed by atoms with Gasteiger partial charge in [0.1, 0.15) is 0 Å². The second-order valence-electron chi connectivity index (χ2n) is 5.09. The normalized spacial score (nSPS) is 24.1. The van der Waals surface area contributed by atoms with Crippen LogP contribution in [-0.2, 0) is 0 Å². The molecule has 4 heteroatoms. The molecule has 1 aromatic carbocycles. The SMILES string of the molecule is CC(O)C1CCN(CC(O)c2ccccc2Br)C1. The van der Waals surface area contributed by atoms with E-state index < -0.39 is 6.10 Å². The molecule has 1 saturated heterocycles. The topological polar surface area (TPSA) is 43.7 Å². The fourth-order valence-electron chi connectivity index (χ4n) is 2.51. The molecule has 100 valence electrons. The highest BCUT2D eigenvalue weighted by Crippen LogP contribution is 2.26. The van der Waals surface area contributed by atoms with Crippen molar-refractivity contribution in [1.82, 2.24) is 4.90 Å². The van der Waals surface area contributed by atoms with Crippen molar-refractivity contribution in [3.8, 4) is 0 Å². The third kappa shape index (κ3) is 3.32. The van der Waals surface area contributed by atoms with Gasteiger partial charge in [0.05, 0.1) is 12.2 Å². The summed E-state index contributed by atoms with van der Waals surface area (Å²) in [4.78, 5) is 2.22. The van der Waals surface area contributed by atoms with Gasteiger partial charge < -0.3 is 15.1 Å². The van der Waals surface area contributed by atoms with Crippen LogP contribution in [0.4, 0.5) is 0 Å². The first-order chi connectivity index (χ1) is 8.58. The van der Waals surface area contributed by atoms with E-state index in [0.29, 0.717) is 12.5 Å². The molecule has 3 unspecified atom stereocenters. The van der Waals surface area contributed by atoms with Crippen molar-refractivity contribution in [3.63, 3.8) is 0 Å². The monoisotopic (exact) mass is 313 g/mol. The predicted molar refractivity (Wildman–Crippen MR) is 75.3 cm³/mol. The van der Waals surface area contributed by atoms with Crippen LogP contribution in [-0.4, -0.2) is 40.9 Å². The zero-order valence-corrected chi connectivity index (χ0v) is 12.2. The molecule has 0 aromatic heterocycles. The van der Waals surface area contributed by atoms with Crippen LogP contribution in [0.2, 0.25) is 0 Å². The highest BCUT2D eigenvalue weighted by Gasteiger charge is 2.27. The Balaban J connectivity index is 1.93. The Bertz CT molecular complexity index is 397. The first-order valence-corrected chi connectivity index (χ1v) is 7.20. The Morgan fingerprint density at radius 3 is 2.72 bits per heavy atom. The van der Waals surface area contributed by atoms with Crippen molar-refractivity contribution in [2.45, 2.75) is 25.6 Å². The molecule has 18 heavy (non-hydrogen) atoms. The molecule has 1 fully saturated rings. The maximum Gasteiger partial charge on any atom is 0.0927 e. The summed E-state index contributed by atoms with van der Waals surface area (Å²) in [6, 6.07) is 7.77. The number of aliphatic hydroxyl groups excluding tert-OH is 2. The number of nitrogens with zero attached hydrogens (tertiary/aromatic N) is 1. The minimum Gasteiger partial charge on any atom is -0.393 e. The van der Waals surface area contributed by atoms with Crippen molar-refractivity contribution in [2.75, 3.05) is 19.6 Å². The van der Waals surface area contributed by atoms with E-state index in [0.717, 1.165) is 29.5 Å². The molecule has 3 atom stereocenters. The number of aliphatic hydroxyl groups is 2.